The number of aryl methyl sites for hydroxylation is 1. The summed E-state index contributed by atoms with van der Waals surface area (Å²) >= 11 is 0. The molecule has 1 rings (SSSR count). The molecule has 90 valence electrons. The lowest BCUT2D eigenvalue weighted by Crippen LogP contribution is -1.96. The van der Waals surface area contributed by atoms with Gasteiger partial charge in [-0.05, 0) is 43.4 Å². The fraction of sp³-hybridized carbons (Fsp3) is 0.571. The van der Waals surface area contributed by atoms with Crippen molar-refractivity contribution < 1.29 is 9.84 Å². The molecule has 0 unspecified atom stereocenters. The van der Waals surface area contributed by atoms with E-state index in [0.717, 1.165) is 32.5 Å². The number of hydrogen-bond acceptors (Lipinski definition) is 2. The fourth-order valence-electron chi connectivity index (χ4n) is 1.62. The first-order valence-electron chi connectivity index (χ1n) is 6.18. The molecule has 0 saturated carbocycles. The van der Waals surface area contributed by atoms with E-state index in [1.165, 1.54) is 18.4 Å². The molecule has 0 heterocycles. The highest BCUT2D eigenvalue weighted by atomic mass is 16.5. The highest BCUT2D eigenvalue weighted by Gasteiger charge is 1.94. The molecule has 0 aliphatic carbocycles. The third-order valence-electron chi connectivity index (χ3n) is 2.54. The molecule has 0 aliphatic heterocycles. The maximum atomic E-state index is 9.13. The van der Waals surface area contributed by atoms with Crippen LogP contribution < -0.4 is 0 Å². The molecule has 0 aromatic heterocycles. The summed E-state index contributed by atoms with van der Waals surface area (Å²) in [6.45, 7) is 3.91. The summed E-state index contributed by atoms with van der Waals surface area (Å²) in [6.07, 6.45) is 5.75. The van der Waals surface area contributed by atoms with E-state index < -0.39 is 0 Å². The van der Waals surface area contributed by atoms with Crippen LogP contribution in [0.15, 0.2) is 24.3 Å². The molecule has 0 atom stereocenters. The standard InChI is InChI=1S/C14H22O2/c1-2-11-16-12-5-3-4-6-13-7-9-14(15)10-8-13/h7-10,15H,2-6,11-12H2,1H3. The molecule has 1 N–H and O–H groups in total. The van der Waals surface area contributed by atoms with Crippen LogP contribution in [-0.4, -0.2) is 18.3 Å². The van der Waals surface area contributed by atoms with Gasteiger partial charge in [0.05, 0.1) is 0 Å². The lowest BCUT2D eigenvalue weighted by molar-refractivity contribution is 0.130. The van der Waals surface area contributed by atoms with Crippen LogP contribution in [0.2, 0.25) is 0 Å². The number of benzene rings is 1. The van der Waals surface area contributed by atoms with Crippen molar-refractivity contribution in [1.82, 2.24) is 0 Å². The molecule has 0 bridgehead atoms. The second kappa shape index (κ2) is 8.17. The minimum absolute atomic E-state index is 0.344. The summed E-state index contributed by atoms with van der Waals surface area (Å²) in [7, 11) is 0. The first-order chi connectivity index (χ1) is 7.83. The van der Waals surface area contributed by atoms with E-state index in [2.05, 4.69) is 6.92 Å². The van der Waals surface area contributed by atoms with Gasteiger partial charge in [-0.3, -0.25) is 0 Å². The Kier molecular flexibility index (Phi) is 6.66. The third-order valence-corrected chi connectivity index (χ3v) is 2.54. The quantitative estimate of drug-likeness (QED) is 0.682. The van der Waals surface area contributed by atoms with Gasteiger partial charge in [-0.2, -0.15) is 0 Å². The van der Waals surface area contributed by atoms with Crippen molar-refractivity contribution in [2.75, 3.05) is 13.2 Å². The van der Waals surface area contributed by atoms with Gasteiger partial charge < -0.3 is 9.84 Å². The molecular weight excluding hydrogens is 200 g/mol. The largest absolute Gasteiger partial charge is 0.508 e. The van der Waals surface area contributed by atoms with E-state index in [4.69, 9.17) is 9.84 Å². The maximum absolute atomic E-state index is 9.13. The summed E-state index contributed by atoms with van der Waals surface area (Å²) in [5.74, 6) is 0.344. The van der Waals surface area contributed by atoms with Crippen molar-refractivity contribution in [2.24, 2.45) is 0 Å². The normalized spacial score (nSPS) is 10.6. The Labute approximate surface area is 98.3 Å². The fourth-order valence-corrected chi connectivity index (χ4v) is 1.62. The minimum atomic E-state index is 0.344. The summed E-state index contributed by atoms with van der Waals surface area (Å²) < 4.78 is 5.42. The molecule has 0 radical (unpaired) electrons. The smallest absolute Gasteiger partial charge is 0.115 e. The molecule has 1 aromatic rings. The average molecular weight is 222 g/mol. The first kappa shape index (κ1) is 13.0. The van der Waals surface area contributed by atoms with Gasteiger partial charge in [0.25, 0.3) is 0 Å². The zero-order chi connectivity index (χ0) is 11.6. The average Bonchev–Trinajstić information content (AvgIpc) is 2.30. The Morgan fingerprint density at radius 3 is 2.44 bits per heavy atom. The van der Waals surface area contributed by atoms with Gasteiger partial charge in [0.15, 0.2) is 0 Å². The Bertz CT molecular complexity index is 267. The van der Waals surface area contributed by atoms with Gasteiger partial charge in [0.2, 0.25) is 0 Å². The monoisotopic (exact) mass is 222 g/mol. The number of hydrogen-bond donors (Lipinski definition) is 1. The van der Waals surface area contributed by atoms with Crippen LogP contribution >= 0.6 is 0 Å². The maximum Gasteiger partial charge on any atom is 0.115 e. The van der Waals surface area contributed by atoms with E-state index in [1.807, 2.05) is 12.1 Å². The van der Waals surface area contributed by atoms with Crippen LogP contribution in [0, 0.1) is 0 Å². The van der Waals surface area contributed by atoms with Crippen LogP contribution in [0.4, 0.5) is 0 Å². The molecule has 0 saturated heterocycles. The second-order valence-electron chi connectivity index (χ2n) is 4.09. The highest BCUT2D eigenvalue weighted by Crippen LogP contribution is 2.12. The van der Waals surface area contributed by atoms with Crippen molar-refractivity contribution in [3.05, 3.63) is 29.8 Å². The zero-order valence-electron chi connectivity index (χ0n) is 10.1. The predicted molar refractivity (Wildman–Crippen MR) is 66.8 cm³/mol. The predicted octanol–water partition coefficient (Wildman–Crippen LogP) is 3.53. The molecular formula is C14H22O2. The molecule has 2 nitrogen and oxygen atoms in total. The van der Waals surface area contributed by atoms with Gasteiger partial charge in [-0.25, -0.2) is 0 Å². The minimum Gasteiger partial charge on any atom is -0.508 e. The molecule has 2 heteroatoms. The topological polar surface area (TPSA) is 29.5 Å². The van der Waals surface area contributed by atoms with E-state index in [-0.39, 0.29) is 0 Å². The van der Waals surface area contributed by atoms with Crippen LogP contribution in [0.5, 0.6) is 5.75 Å². The van der Waals surface area contributed by atoms with Crippen molar-refractivity contribution in [3.63, 3.8) is 0 Å². The van der Waals surface area contributed by atoms with E-state index in [9.17, 15) is 0 Å². The second-order valence-corrected chi connectivity index (χ2v) is 4.09. The van der Waals surface area contributed by atoms with Crippen molar-refractivity contribution in [1.29, 1.82) is 0 Å². The summed E-state index contributed by atoms with van der Waals surface area (Å²) in [5.41, 5.74) is 1.30. The van der Waals surface area contributed by atoms with Crippen molar-refractivity contribution in [2.45, 2.75) is 39.0 Å². The first-order valence-corrected chi connectivity index (χ1v) is 6.18. The van der Waals surface area contributed by atoms with Crippen LogP contribution in [-0.2, 0) is 11.2 Å². The number of phenolic OH excluding ortho intramolecular Hbond substituents is 1. The highest BCUT2D eigenvalue weighted by molar-refractivity contribution is 5.25. The molecule has 0 spiro atoms. The lowest BCUT2D eigenvalue weighted by atomic mass is 10.1. The Hall–Kier alpha value is -1.02. The van der Waals surface area contributed by atoms with E-state index in [1.54, 1.807) is 12.1 Å². The SMILES string of the molecule is CCCOCCCCCc1ccc(O)cc1. The summed E-state index contributed by atoms with van der Waals surface area (Å²) in [5, 5.41) is 9.13. The summed E-state index contributed by atoms with van der Waals surface area (Å²) in [4.78, 5) is 0. The van der Waals surface area contributed by atoms with Gasteiger partial charge >= 0.3 is 0 Å². The van der Waals surface area contributed by atoms with Gasteiger partial charge in [0.1, 0.15) is 5.75 Å². The molecule has 0 aliphatic rings. The van der Waals surface area contributed by atoms with Crippen LogP contribution in [0.1, 0.15) is 38.2 Å². The number of rotatable bonds is 8. The number of ether oxygens (including phenoxy) is 1. The molecule has 0 fully saturated rings. The molecule has 1 aromatic carbocycles. The van der Waals surface area contributed by atoms with Gasteiger partial charge in [-0.1, -0.05) is 25.5 Å². The number of unbranched alkanes of at least 4 members (excludes halogenated alkanes) is 2. The van der Waals surface area contributed by atoms with E-state index in [0.29, 0.717) is 5.75 Å². The van der Waals surface area contributed by atoms with Gasteiger partial charge in [0, 0.05) is 13.2 Å². The van der Waals surface area contributed by atoms with Crippen LogP contribution in [0.3, 0.4) is 0 Å². The van der Waals surface area contributed by atoms with Crippen molar-refractivity contribution in [3.8, 4) is 5.75 Å². The Balaban J connectivity index is 2.01. The van der Waals surface area contributed by atoms with Crippen molar-refractivity contribution >= 4 is 0 Å². The third kappa shape index (κ3) is 5.76. The van der Waals surface area contributed by atoms with Crippen LogP contribution in [0.25, 0.3) is 0 Å². The Morgan fingerprint density at radius 2 is 1.75 bits per heavy atom. The number of aromatic hydroxyl groups is 1. The summed E-state index contributed by atoms with van der Waals surface area (Å²) in [6, 6.07) is 7.48. The zero-order valence-corrected chi connectivity index (χ0v) is 10.1. The Morgan fingerprint density at radius 1 is 1.00 bits per heavy atom. The molecule has 0 amide bonds. The lowest BCUT2D eigenvalue weighted by Gasteiger charge is -2.03. The number of phenols is 1. The van der Waals surface area contributed by atoms with Gasteiger partial charge in [-0.15, -0.1) is 0 Å². The molecule has 16 heavy (non-hydrogen) atoms. The van der Waals surface area contributed by atoms with E-state index >= 15 is 0 Å².